The molecule has 0 aromatic carbocycles. The molecule has 1 saturated heterocycles. The zero-order chi connectivity index (χ0) is 17.9. The summed E-state index contributed by atoms with van der Waals surface area (Å²) < 4.78 is 0.650. The van der Waals surface area contributed by atoms with Crippen LogP contribution in [0.1, 0.15) is 11.3 Å². The van der Waals surface area contributed by atoms with Gasteiger partial charge in [-0.2, -0.15) is 0 Å². The average molecular weight is 362 g/mol. The molecule has 0 aliphatic carbocycles. The van der Waals surface area contributed by atoms with Crippen LogP contribution in [0, 0.1) is 6.92 Å². The maximum atomic E-state index is 11.2. The number of quaternary nitrogens is 1. The van der Waals surface area contributed by atoms with Gasteiger partial charge in [0, 0.05) is 24.4 Å². The van der Waals surface area contributed by atoms with Crippen LogP contribution in [-0.4, -0.2) is 58.8 Å². The van der Waals surface area contributed by atoms with E-state index in [0.29, 0.717) is 35.7 Å². The van der Waals surface area contributed by atoms with Crippen LogP contribution in [0.25, 0.3) is 0 Å². The minimum atomic E-state index is -0.859. The summed E-state index contributed by atoms with van der Waals surface area (Å²) in [5.74, 6) is 0.933. The van der Waals surface area contributed by atoms with Crippen molar-refractivity contribution in [3.63, 3.8) is 0 Å². The number of carbonyl (C=O) groups is 1. The average Bonchev–Trinajstić information content (AvgIpc) is 2.62. The third kappa shape index (κ3) is 3.91. The lowest BCUT2D eigenvalue weighted by Crippen LogP contribution is -2.62. The summed E-state index contributed by atoms with van der Waals surface area (Å²) in [5.41, 5.74) is 2.25. The van der Waals surface area contributed by atoms with Crippen LogP contribution in [0.2, 0.25) is 5.02 Å². The first kappa shape index (κ1) is 17.6. The number of pyridine rings is 2. The second-order valence-electron chi connectivity index (χ2n) is 6.44. The SMILES string of the molecule is Cc1cccnc1CC[N+]1(c2ccc(Cl)cn2)CCN(C(=O)O)CC1. The normalized spacial score (nSPS) is 16.6. The van der Waals surface area contributed by atoms with E-state index in [9.17, 15) is 9.90 Å². The molecule has 25 heavy (non-hydrogen) atoms. The molecule has 2 aromatic rings. The molecule has 1 N–H and O–H groups in total. The highest BCUT2D eigenvalue weighted by Gasteiger charge is 2.37. The summed E-state index contributed by atoms with van der Waals surface area (Å²) in [7, 11) is 0. The largest absolute Gasteiger partial charge is 0.465 e. The van der Waals surface area contributed by atoms with Crippen molar-refractivity contribution in [2.75, 3.05) is 32.7 Å². The third-order valence-corrected chi connectivity index (χ3v) is 5.18. The maximum Gasteiger partial charge on any atom is 0.407 e. The van der Waals surface area contributed by atoms with Gasteiger partial charge in [-0.05, 0) is 24.6 Å². The standard InChI is InChI=1S/C18H21ClN4O2/c1-14-3-2-7-20-16(14)6-10-23(17-5-4-15(19)13-21-17)11-8-22(9-12-23)18(24)25/h2-5,7,13H,6,8-12H2,1H3/p+1. The summed E-state index contributed by atoms with van der Waals surface area (Å²) in [6, 6.07) is 7.80. The van der Waals surface area contributed by atoms with E-state index in [2.05, 4.69) is 23.0 Å². The van der Waals surface area contributed by atoms with E-state index in [-0.39, 0.29) is 0 Å². The number of rotatable bonds is 4. The van der Waals surface area contributed by atoms with E-state index in [1.807, 2.05) is 24.4 Å². The van der Waals surface area contributed by atoms with Gasteiger partial charge in [0.25, 0.3) is 0 Å². The molecule has 0 bridgehead atoms. The fraction of sp³-hybridized carbons (Fsp3) is 0.389. The first-order valence-electron chi connectivity index (χ1n) is 8.37. The zero-order valence-corrected chi connectivity index (χ0v) is 15.0. The van der Waals surface area contributed by atoms with E-state index in [4.69, 9.17) is 11.6 Å². The Hall–Kier alpha value is -2.18. The van der Waals surface area contributed by atoms with Crippen LogP contribution in [0.5, 0.6) is 0 Å². The third-order valence-electron chi connectivity index (χ3n) is 4.96. The molecule has 0 spiro atoms. The highest BCUT2D eigenvalue weighted by atomic mass is 35.5. The van der Waals surface area contributed by atoms with Crippen molar-refractivity contribution in [1.82, 2.24) is 19.4 Å². The van der Waals surface area contributed by atoms with Crippen molar-refractivity contribution in [1.29, 1.82) is 0 Å². The van der Waals surface area contributed by atoms with Crippen molar-refractivity contribution >= 4 is 23.5 Å². The van der Waals surface area contributed by atoms with Gasteiger partial charge < -0.3 is 5.11 Å². The van der Waals surface area contributed by atoms with Crippen molar-refractivity contribution in [2.24, 2.45) is 0 Å². The van der Waals surface area contributed by atoms with E-state index < -0.39 is 6.09 Å². The smallest absolute Gasteiger partial charge is 0.407 e. The second-order valence-corrected chi connectivity index (χ2v) is 6.87. The maximum absolute atomic E-state index is 11.2. The number of hydrogen-bond donors (Lipinski definition) is 1. The van der Waals surface area contributed by atoms with Gasteiger partial charge in [0.15, 0.2) is 0 Å². The van der Waals surface area contributed by atoms with Gasteiger partial charge in [0.05, 0.1) is 30.9 Å². The van der Waals surface area contributed by atoms with Gasteiger partial charge in [-0.25, -0.2) is 9.78 Å². The molecule has 132 valence electrons. The van der Waals surface area contributed by atoms with Gasteiger partial charge >= 0.3 is 6.09 Å². The first-order chi connectivity index (χ1) is 12.0. The van der Waals surface area contributed by atoms with E-state index in [1.54, 1.807) is 6.20 Å². The quantitative estimate of drug-likeness (QED) is 0.850. The van der Waals surface area contributed by atoms with E-state index in [1.165, 1.54) is 10.5 Å². The molecule has 1 aliphatic heterocycles. The Morgan fingerprint density at radius 2 is 2.04 bits per heavy atom. The Morgan fingerprint density at radius 1 is 1.28 bits per heavy atom. The zero-order valence-electron chi connectivity index (χ0n) is 14.2. The summed E-state index contributed by atoms with van der Waals surface area (Å²) in [4.78, 5) is 21.7. The van der Waals surface area contributed by atoms with Gasteiger partial charge in [-0.3, -0.25) is 14.4 Å². The molecule has 7 heteroatoms. The Morgan fingerprint density at radius 3 is 2.64 bits per heavy atom. The van der Waals surface area contributed by atoms with Crippen molar-refractivity contribution in [3.8, 4) is 0 Å². The Labute approximate surface area is 152 Å². The highest BCUT2D eigenvalue weighted by Crippen LogP contribution is 2.25. The van der Waals surface area contributed by atoms with Crippen LogP contribution in [0.15, 0.2) is 36.7 Å². The van der Waals surface area contributed by atoms with Crippen LogP contribution >= 0.6 is 11.6 Å². The minimum Gasteiger partial charge on any atom is -0.465 e. The molecule has 0 saturated carbocycles. The topological polar surface area (TPSA) is 66.3 Å². The fourth-order valence-electron chi connectivity index (χ4n) is 3.36. The number of aryl methyl sites for hydroxylation is 1. The molecule has 1 amide bonds. The van der Waals surface area contributed by atoms with Gasteiger partial charge in [-0.1, -0.05) is 17.7 Å². The predicted octanol–water partition coefficient (Wildman–Crippen LogP) is 2.98. The molecule has 2 aromatic heterocycles. The predicted molar refractivity (Wildman–Crippen MR) is 97.9 cm³/mol. The molecule has 0 atom stereocenters. The van der Waals surface area contributed by atoms with Gasteiger partial charge in [0.2, 0.25) is 5.82 Å². The molecule has 3 heterocycles. The first-order valence-corrected chi connectivity index (χ1v) is 8.74. The van der Waals surface area contributed by atoms with Crippen LogP contribution in [0.4, 0.5) is 10.6 Å². The summed E-state index contributed by atoms with van der Waals surface area (Å²) in [5, 5.41) is 9.84. The van der Waals surface area contributed by atoms with Crippen molar-refractivity contribution < 1.29 is 9.90 Å². The molecule has 3 rings (SSSR count). The van der Waals surface area contributed by atoms with Gasteiger partial charge in [0.1, 0.15) is 13.1 Å². The monoisotopic (exact) mass is 361 g/mol. The highest BCUT2D eigenvalue weighted by molar-refractivity contribution is 6.30. The van der Waals surface area contributed by atoms with Crippen LogP contribution in [0.3, 0.4) is 0 Å². The number of hydrogen-bond acceptors (Lipinski definition) is 3. The second kappa shape index (κ2) is 7.37. The number of piperazine rings is 1. The minimum absolute atomic E-state index is 0.501. The number of halogens is 1. The molecule has 1 aliphatic rings. The fourth-order valence-corrected chi connectivity index (χ4v) is 3.47. The molecular weight excluding hydrogens is 340 g/mol. The van der Waals surface area contributed by atoms with Crippen molar-refractivity contribution in [2.45, 2.75) is 13.3 Å². The number of carboxylic acid groups (broad SMARTS) is 1. The summed E-state index contributed by atoms with van der Waals surface area (Å²) >= 11 is 5.99. The molecule has 0 radical (unpaired) electrons. The molecule has 6 nitrogen and oxygen atoms in total. The Bertz CT molecular complexity index is 743. The summed E-state index contributed by atoms with van der Waals surface area (Å²) in [6.45, 7) is 5.30. The Kier molecular flexibility index (Phi) is 5.20. The molecule has 0 unspecified atom stereocenters. The lowest BCUT2D eigenvalue weighted by Gasteiger charge is -2.42. The Balaban J connectivity index is 1.83. The molecular formula is C18H22ClN4O2+. The lowest BCUT2D eigenvalue weighted by atomic mass is 10.1. The van der Waals surface area contributed by atoms with Crippen LogP contribution in [-0.2, 0) is 6.42 Å². The van der Waals surface area contributed by atoms with Gasteiger partial charge in [-0.15, -0.1) is 0 Å². The number of nitrogens with zero attached hydrogens (tertiary/aromatic N) is 4. The molecule has 1 fully saturated rings. The number of aromatic nitrogens is 2. The summed E-state index contributed by atoms with van der Waals surface area (Å²) in [6.07, 6.45) is 3.44. The van der Waals surface area contributed by atoms with Crippen molar-refractivity contribution in [3.05, 3.63) is 52.9 Å². The number of amides is 1. The van der Waals surface area contributed by atoms with E-state index >= 15 is 0 Å². The van der Waals surface area contributed by atoms with E-state index in [0.717, 1.165) is 24.5 Å². The lowest BCUT2D eigenvalue weighted by molar-refractivity contribution is 0.106. The van der Waals surface area contributed by atoms with Crippen LogP contribution < -0.4 is 4.48 Å².